The number of nitriles is 1. The summed E-state index contributed by atoms with van der Waals surface area (Å²) in [6, 6.07) is 14.1. The Kier molecular flexibility index (Phi) is 5.03. The third kappa shape index (κ3) is 3.65. The Morgan fingerprint density at radius 3 is 2.52 bits per heavy atom. The van der Waals surface area contributed by atoms with Gasteiger partial charge in [0.15, 0.2) is 0 Å². The molecule has 0 saturated heterocycles. The molecule has 0 saturated carbocycles. The predicted octanol–water partition coefficient (Wildman–Crippen LogP) is 5.68. The smallest absolute Gasteiger partial charge is 0.145 e. The van der Waals surface area contributed by atoms with Crippen LogP contribution in [0, 0.1) is 18.3 Å². The van der Waals surface area contributed by atoms with E-state index < -0.39 is 0 Å². The number of benzene rings is 2. The van der Waals surface area contributed by atoms with Crippen LogP contribution in [0.4, 0.5) is 0 Å². The average molecular weight is 344 g/mol. The topological polar surface area (TPSA) is 33.0 Å². The molecule has 0 aliphatic rings. The summed E-state index contributed by atoms with van der Waals surface area (Å²) in [6.45, 7) is 6.31. The lowest BCUT2D eigenvalue weighted by Gasteiger charge is -2.15. The van der Waals surface area contributed by atoms with E-state index >= 15 is 0 Å². The van der Waals surface area contributed by atoms with Crippen LogP contribution in [0.15, 0.2) is 36.4 Å². The van der Waals surface area contributed by atoms with Crippen molar-refractivity contribution < 1.29 is 4.74 Å². The molecule has 0 heterocycles. The van der Waals surface area contributed by atoms with Crippen molar-refractivity contribution in [1.82, 2.24) is 0 Å². The van der Waals surface area contributed by atoms with Gasteiger partial charge < -0.3 is 4.74 Å². The summed E-state index contributed by atoms with van der Waals surface area (Å²) in [6.07, 6.45) is 0. The standard InChI is InChI=1S/C18H18BrNO/c1-12(2)16-6-4-13(3)8-18(16)21-17-7-5-14(10-19)9-15(17)11-20/h4-9,12H,10H2,1-3H3. The Balaban J connectivity index is 2.43. The van der Waals surface area contributed by atoms with E-state index in [4.69, 9.17) is 4.74 Å². The van der Waals surface area contributed by atoms with Crippen molar-refractivity contribution in [2.75, 3.05) is 0 Å². The first-order valence-electron chi connectivity index (χ1n) is 6.92. The highest BCUT2D eigenvalue weighted by atomic mass is 79.9. The fourth-order valence-electron chi connectivity index (χ4n) is 2.16. The largest absolute Gasteiger partial charge is 0.456 e. The molecule has 0 fully saturated rings. The van der Waals surface area contributed by atoms with E-state index in [2.05, 4.69) is 48.0 Å². The van der Waals surface area contributed by atoms with Crippen LogP contribution in [0.1, 0.15) is 42.0 Å². The van der Waals surface area contributed by atoms with E-state index in [0.29, 0.717) is 17.2 Å². The second-order valence-corrected chi connectivity index (χ2v) is 5.93. The van der Waals surface area contributed by atoms with Crippen molar-refractivity contribution >= 4 is 15.9 Å². The van der Waals surface area contributed by atoms with E-state index in [1.54, 1.807) is 0 Å². The maximum Gasteiger partial charge on any atom is 0.145 e. The lowest BCUT2D eigenvalue weighted by atomic mass is 10.0. The van der Waals surface area contributed by atoms with E-state index in [0.717, 1.165) is 27.8 Å². The van der Waals surface area contributed by atoms with Crippen molar-refractivity contribution in [2.45, 2.75) is 32.0 Å². The summed E-state index contributed by atoms with van der Waals surface area (Å²) in [7, 11) is 0. The maximum absolute atomic E-state index is 9.30. The van der Waals surface area contributed by atoms with E-state index in [1.165, 1.54) is 0 Å². The molecule has 0 aliphatic carbocycles. The Labute approximate surface area is 134 Å². The van der Waals surface area contributed by atoms with Crippen LogP contribution in [0.5, 0.6) is 11.5 Å². The average Bonchev–Trinajstić information content (AvgIpc) is 2.47. The van der Waals surface area contributed by atoms with Crippen molar-refractivity contribution in [3.8, 4) is 17.6 Å². The lowest BCUT2D eigenvalue weighted by Crippen LogP contribution is -1.96. The molecule has 108 valence electrons. The van der Waals surface area contributed by atoms with Gasteiger partial charge in [-0.3, -0.25) is 0 Å². The fourth-order valence-corrected chi connectivity index (χ4v) is 2.51. The van der Waals surface area contributed by atoms with E-state index in [9.17, 15) is 5.26 Å². The molecule has 2 aromatic carbocycles. The van der Waals surface area contributed by atoms with Gasteiger partial charge in [-0.25, -0.2) is 0 Å². The molecule has 2 aromatic rings. The highest BCUT2D eigenvalue weighted by Crippen LogP contribution is 2.33. The molecule has 0 atom stereocenters. The molecular formula is C18H18BrNO. The number of rotatable bonds is 4. The molecule has 2 nitrogen and oxygen atoms in total. The predicted molar refractivity (Wildman–Crippen MR) is 89.1 cm³/mol. The van der Waals surface area contributed by atoms with E-state index in [1.807, 2.05) is 31.2 Å². The Morgan fingerprint density at radius 2 is 1.90 bits per heavy atom. The van der Waals surface area contributed by atoms with Gasteiger partial charge in [-0.05, 0) is 47.7 Å². The molecule has 0 aromatic heterocycles. The zero-order valence-electron chi connectivity index (χ0n) is 12.5. The van der Waals surface area contributed by atoms with Crippen LogP contribution in [0.25, 0.3) is 0 Å². The van der Waals surface area contributed by atoms with Crippen molar-refractivity contribution in [3.63, 3.8) is 0 Å². The Morgan fingerprint density at radius 1 is 1.14 bits per heavy atom. The number of nitrogens with zero attached hydrogens (tertiary/aromatic N) is 1. The molecule has 21 heavy (non-hydrogen) atoms. The summed E-state index contributed by atoms with van der Waals surface area (Å²) >= 11 is 3.40. The molecule has 0 spiro atoms. The molecule has 3 heteroatoms. The quantitative estimate of drug-likeness (QED) is 0.669. The van der Waals surface area contributed by atoms with Crippen LogP contribution in [0.3, 0.4) is 0 Å². The first-order valence-corrected chi connectivity index (χ1v) is 8.04. The highest BCUT2D eigenvalue weighted by molar-refractivity contribution is 9.08. The van der Waals surface area contributed by atoms with Gasteiger partial charge in [-0.15, -0.1) is 0 Å². The Hall–Kier alpha value is -1.79. The zero-order valence-corrected chi connectivity index (χ0v) is 14.1. The van der Waals surface area contributed by atoms with Gasteiger partial charge in [0.05, 0.1) is 5.56 Å². The highest BCUT2D eigenvalue weighted by Gasteiger charge is 2.12. The Bertz CT molecular complexity index is 686. The van der Waals surface area contributed by atoms with Crippen molar-refractivity contribution in [2.24, 2.45) is 0 Å². The van der Waals surface area contributed by atoms with Gasteiger partial charge in [0.25, 0.3) is 0 Å². The lowest BCUT2D eigenvalue weighted by molar-refractivity contribution is 0.471. The molecule has 0 amide bonds. The third-order valence-electron chi connectivity index (χ3n) is 3.33. The van der Waals surface area contributed by atoms with Crippen molar-refractivity contribution in [1.29, 1.82) is 5.26 Å². The number of hydrogen-bond acceptors (Lipinski definition) is 2. The van der Waals surface area contributed by atoms with Crippen LogP contribution in [-0.2, 0) is 5.33 Å². The number of aryl methyl sites for hydroxylation is 1. The van der Waals surface area contributed by atoms with E-state index in [-0.39, 0.29) is 0 Å². The minimum Gasteiger partial charge on any atom is -0.456 e. The summed E-state index contributed by atoms with van der Waals surface area (Å²) in [5.74, 6) is 1.80. The van der Waals surface area contributed by atoms with Gasteiger partial charge in [0.1, 0.15) is 17.6 Å². The summed E-state index contributed by atoms with van der Waals surface area (Å²) < 4.78 is 6.04. The number of ether oxygens (including phenoxy) is 1. The minimum absolute atomic E-state index is 0.368. The molecule has 0 radical (unpaired) electrons. The van der Waals surface area contributed by atoms with Crippen LogP contribution < -0.4 is 4.74 Å². The van der Waals surface area contributed by atoms with Gasteiger partial charge in [-0.1, -0.05) is 48.0 Å². The van der Waals surface area contributed by atoms with Crippen LogP contribution >= 0.6 is 15.9 Å². The van der Waals surface area contributed by atoms with Gasteiger partial charge >= 0.3 is 0 Å². The number of alkyl halides is 1. The molecule has 0 aliphatic heterocycles. The molecular weight excluding hydrogens is 326 g/mol. The maximum atomic E-state index is 9.30. The number of hydrogen-bond donors (Lipinski definition) is 0. The van der Waals surface area contributed by atoms with Crippen LogP contribution in [-0.4, -0.2) is 0 Å². The molecule has 0 bridgehead atoms. The zero-order chi connectivity index (χ0) is 15.4. The SMILES string of the molecule is Cc1ccc(C(C)C)c(Oc2ccc(CBr)cc2C#N)c1. The van der Waals surface area contributed by atoms with Gasteiger partial charge in [-0.2, -0.15) is 5.26 Å². The summed E-state index contributed by atoms with van der Waals surface area (Å²) in [5.41, 5.74) is 3.91. The van der Waals surface area contributed by atoms with Crippen molar-refractivity contribution in [3.05, 3.63) is 58.7 Å². The normalized spacial score (nSPS) is 10.5. The fraction of sp³-hybridized carbons (Fsp3) is 0.278. The summed E-state index contributed by atoms with van der Waals surface area (Å²) in [4.78, 5) is 0. The van der Waals surface area contributed by atoms with Crippen LogP contribution in [0.2, 0.25) is 0 Å². The second kappa shape index (κ2) is 6.78. The van der Waals surface area contributed by atoms with Gasteiger partial charge in [0, 0.05) is 5.33 Å². The first kappa shape index (κ1) is 15.6. The second-order valence-electron chi connectivity index (χ2n) is 5.37. The molecule has 0 N–H and O–H groups in total. The minimum atomic E-state index is 0.368. The summed E-state index contributed by atoms with van der Waals surface area (Å²) in [5, 5.41) is 10.0. The molecule has 0 unspecified atom stereocenters. The van der Waals surface area contributed by atoms with Gasteiger partial charge in [0.2, 0.25) is 0 Å². The third-order valence-corrected chi connectivity index (χ3v) is 3.98. The first-order chi connectivity index (χ1) is 10.0. The molecule has 2 rings (SSSR count). The monoisotopic (exact) mass is 343 g/mol. The number of halogens is 1.